The van der Waals surface area contributed by atoms with E-state index in [-0.39, 0.29) is 21.1 Å². The van der Waals surface area contributed by atoms with Crippen molar-refractivity contribution in [1.82, 2.24) is 0 Å². The molecule has 27 heavy (non-hydrogen) atoms. The van der Waals surface area contributed by atoms with Crippen LogP contribution < -0.4 is 0 Å². The second kappa shape index (κ2) is 19.1. The van der Waals surface area contributed by atoms with Crippen LogP contribution >= 0.6 is 0 Å². The van der Waals surface area contributed by atoms with Gasteiger partial charge in [0.15, 0.2) is 0 Å². The summed E-state index contributed by atoms with van der Waals surface area (Å²) in [6, 6.07) is 0. The van der Waals surface area contributed by atoms with E-state index in [4.69, 9.17) is 10.2 Å². The molecule has 0 aliphatic carbocycles. The Morgan fingerprint density at radius 1 is 0.630 bits per heavy atom. The van der Waals surface area contributed by atoms with Crippen LogP contribution in [0.15, 0.2) is 0 Å². The molecule has 0 atom stereocenters. The number of carbonyl (C=O) groups is 2. The zero-order valence-corrected chi connectivity index (χ0v) is 22.1. The summed E-state index contributed by atoms with van der Waals surface area (Å²) in [5.74, 6) is -1.35. The van der Waals surface area contributed by atoms with Gasteiger partial charge in [-0.15, -0.1) is 0 Å². The van der Waals surface area contributed by atoms with Crippen molar-refractivity contribution in [3.05, 3.63) is 0 Å². The number of carboxylic acid groups (broad SMARTS) is 2. The molecule has 0 fully saturated rings. The third-order valence-electron chi connectivity index (χ3n) is 3.63. The van der Waals surface area contributed by atoms with Gasteiger partial charge in [-0.05, 0) is 36.5 Å². The molecular formula is C22H46O4Sn. The molecule has 162 valence electrons. The van der Waals surface area contributed by atoms with E-state index in [1.54, 1.807) is 0 Å². The Hall–Kier alpha value is -0.261. The number of rotatable bonds is 10. The fourth-order valence-electron chi connectivity index (χ4n) is 2.22. The number of carboxylic acids is 2. The van der Waals surface area contributed by atoms with E-state index in [2.05, 4.69) is 51.4 Å². The molecule has 0 aliphatic heterocycles. The van der Waals surface area contributed by atoms with Crippen molar-refractivity contribution in [1.29, 1.82) is 0 Å². The van der Waals surface area contributed by atoms with Crippen molar-refractivity contribution in [2.45, 2.75) is 116 Å². The van der Waals surface area contributed by atoms with Gasteiger partial charge in [-0.2, -0.15) is 0 Å². The minimum absolute atomic E-state index is 0.230. The van der Waals surface area contributed by atoms with Gasteiger partial charge in [0.25, 0.3) is 0 Å². The van der Waals surface area contributed by atoms with Crippen LogP contribution in [0.4, 0.5) is 0 Å². The summed E-state index contributed by atoms with van der Waals surface area (Å²) in [6.45, 7) is 13.3. The van der Waals surface area contributed by atoms with Crippen LogP contribution in [0.25, 0.3) is 0 Å². The van der Waals surface area contributed by atoms with E-state index in [0.717, 1.165) is 38.5 Å². The van der Waals surface area contributed by atoms with Gasteiger partial charge >= 0.3 is 43.0 Å². The fraction of sp³-hybridized carbons (Fsp3) is 0.909. The van der Waals surface area contributed by atoms with Crippen molar-refractivity contribution >= 4 is 33.1 Å². The zero-order chi connectivity index (χ0) is 21.9. The first-order valence-electron chi connectivity index (χ1n) is 10.3. The summed E-state index contributed by atoms with van der Waals surface area (Å²) in [5.41, 5.74) is 0.784. The number of hydrogen-bond donors (Lipinski definition) is 2. The second-order valence-electron chi connectivity index (χ2n) is 9.53. The molecule has 0 spiro atoms. The summed E-state index contributed by atoms with van der Waals surface area (Å²) in [4.78, 5) is 24.9. The Kier molecular flexibility index (Phi) is 22.2. The summed E-state index contributed by atoms with van der Waals surface area (Å²) < 4.78 is 0. The van der Waals surface area contributed by atoms with E-state index >= 15 is 0 Å². The normalized spacial score (nSPS) is 11.0. The average Bonchev–Trinajstić information content (AvgIpc) is 2.45. The van der Waals surface area contributed by atoms with Crippen LogP contribution in [0.1, 0.15) is 106 Å². The molecule has 4 nitrogen and oxygen atoms in total. The van der Waals surface area contributed by atoms with E-state index < -0.39 is 11.9 Å². The van der Waals surface area contributed by atoms with Gasteiger partial charge in [-0.1, -0.05) is 67.2 Å². The van der Waals surface area contributed by atoms with Crippen LogP contribution in [-0.2, 0) is 9.59 Å². The van der Waals surface area contributed by atoms with Crippen molar-refractivity contribution in [3.8, 4) is 0 Å². The number of unbranched alkanes of at least 4 members (excludes halogenated alkanes) is 4. The van der Waals surface area contributed by atoms with E-state index in [0.29, 0.717) is 23.7 Å². The van der Waals surface area contributed by atoms with Gasteiger partial charge in [-0.25, -0.2) is 0 Å². The maximum atomic E-state index is 10.2. The third kappa shape index (κ3) is 46.1. The van der Waals surface area contributed by atoms with Gasteiger partial charge in [-0.3, -0.25) is 9.59 Å². The standard InChI is InChI=1S/2C10H20O2.2CH3.Sn/c2*1-10(2,3)8-6-4-5-7-9(11)12;;;/h2*4-8H2,1-3H3,(H,11,12);2*1H3;. The summed E-state index contributed by atoms with van der Waals surface area (Å²) in [6.07, 6.45) is 9.06. The molecule has 0 saturated heterocycles. The summed E-state index contributed by atoms with van der Waals surface area (Å²) >= 11 is 0.230. The Morgan fingerprint density at radius 3 is 1.07 bits per heavy atom. The molecule has 0 unspecified atom stereocenters. The first-order valence-corrected chi connectivity index (χ1v) is 16.0. The fourth-order valence-corrected chi connectivity index (χ4v) is 2.22. The molecule has 0 aliphatic rings. The molecule has 0 bridgehead atoms. The van der Waals surface area contributed by atoms with Crippen LogP contribution in [0.3, 0.4) is 0 Å². The van der Waals surface area contributed by atoms with Crippen molar-refractivity contribution in [3.63, 3.8) is 0 Å². The molecule has 0 heterocycles. The predicted molar refractivity (Wildman–Crippen MR) is 118 cm³/mol. The molecule has 0 rings (SSSR count). The van der Waals surface area contributed by atoms with E-state index in [1.165, 1.54) is 12.8 Å². The minimum atomic E-state index is -0.675. The van der Waals surface area contributed by atoms with Crippen LogP contribution in [0.5, 0.6) is 0 Å². The van der Waals surface area contributed by atoms with Gasteiger partial charge < -0.3 is 10.2 Å². The average molecular weight is 493 g/mol. The molecule has 5 heteroatoms. The number of aliphatic carboxylic acids is 2. The van der Waals surface area contributed by atoms with Crippen molar-refractivity contribution < 1.29 is 19.8 Å². The Balaban J connectivity index is -0.000000372. The van der Waals surface area contributed by atoms with Crippen LogP contribution in [0, 0.1) is 10.8 Å². The third-order valence-corrected chi connectivity index (χ3v) is 3.63. The molecule has 0 amide bonds. The Morgan fingerprint density at radius 2 is 0.889 bits per heavy atom. The second-order valence-corrected chi connectivity index (χ2v) is 12.4. The van der Waals surface area contributed by atoms with Crippen molar-refractivity contribution in [2.75, 3.05) is 0 Å². The molecule has 0 aromatic carbocycles. The SMILES string of the molecule is CC(C)(C)CCCCCC(=O)O.CC(C)(C)CCCCCC(=O)O.[CH3][Sn][CH3]. The molecule has 2 N–H and O–H groups in total. The molecule has 0 aromatic rings. The Labute approximate surface area is 179 Å². The van der Waals surface area contributed by atoms with Gasteiger partial charge in [0.1, 0.15) is 0 Å². The van der Waals surface area contributed by atoms with Gasteiger partial charge in [0.05, 0.1) is 0 Å². The molecule has 0 aromatic heterocycles. The zero-order valence-electron chi connectivity index (χ0n) is 19.3. The summed E-state index contributed by atoms with van der Waals surface area (Å²) in [5, 5.41) is 16.7. The van der Waals surface area contributed by atoms with Gasteiger partial charge in [0, 0.05) is 12.8 Å². The first kappa shape index (κ1) is 31.4. The van der Waals surface area contributed by atoms with E-state index in [1.807, 2.05) is 0 Å². The van der Waals surface area contributed by atoms with Crippen LogP contribution in [0.2, 0.25) is 9.88 Å². The van der Waals surface area contributed by atoms with E-state index in [9.17, 15) is 9.59 Å². The summed E-state index contributed by atoms with van der Waals surface area (Å²) in [7, 11) is 0. The van der Waals surface area contributed by atoms with Crippen molar-refractivity contribution in [2.24, 2.45) is 10.8 Å². The molecular weight excluding hydrogens is 447 g/mol. The monoisotopic (exact) mass is 494 g/mol. The molecule has 2 radical (unpaired) electrons. The predicted octanol–water partition coefficient (Wildman–Crippen LogP) is 6.92. The topological polar surface area (TPSA) is 74.6 Å². The van der Waals surface area contributed by atoms with Gasteiger partial charge in [0.2, 0.25) is 0 Å². The number of hydrogen-bond acceptors (Lipinski definition) is 2. The Bertz CT molecular complexity index is 320. The van der Waals surface area contributed by atoms with Crippen LogP contribution in [-0.4, -0.2) is 43.3 Å². The first-order chi connectivity index (χ1) is 12.2. The quantitative estimate of drug-likeness (QED) is 0.256. The molecule has 0 saturated carbocycles. The maximum absolute atomic E-state index is 10.2.